The predicted molar refractivity (Wildman–Crippen MR) is 67.9 cm³/mol. The fourth-order valence-corrected chi connectivity index (χ4v) is 2.05. The molecule has 0 unspecified atom stereocenters. The van der Waals surface area contributed by atoms with Crippen LogP contribution in [-0.2, 0) is 0 Å². The third-order valence-corrected chi connectivity index (χ3v) is 2.89. The summed E-state index contributed by atoms with van der Waals surface area (Å²) in [6.45, 7) is 0. The zero-order valence-electron chi connectivity index (χ0n) is 9.61. The Kier molecular flexibility index (Phi) is 2.21. The molecule has 0 aliphatic heterocycles. The Hall–Kier alpha value is -2.96. The number of hydrogen-bond donors (Lipinski definition) is 1. The first-order chi connectivity index (χ1) is 9.08. The second-order valence-electron chi connectivity index (χ2n) is 4.02. The molecular weight excluding hydrogens is 248 g/mol. The summed E-state index contributed by atoms with van der Waals surface area (Å²) in [4.78, 5) is 25.9. The van der Waals surface area contributed by atoms with Crippen LogP contribution in [0.25, 0.3) is 16.7 Å². The van der Waals surface area contributed by atoms with Gasteiger partial charge >= 0.3 is 0 Å². The number of carbonyl (C=O) groups is 1. The number of rotatable bonds is 2. The molecule has 0 saturated heterocycles. The van der Waals surface area contributed by atoms with Gasteiger partial charge in [0.05, 0.1) is 16.0 Å². The number of nitro groups is 1. The van der Waals surface area contributed by atoms with Gasteiger partial charge in [0.25, 0.3) is 11.6 Å². The van der Waals surface area contributed by atoms with Crippen molar-refractivity contribution in [3.63, 3.8) is 0 Å². The number of nitrogens with zero attached hydrogens (tertiary/aromatic N) is 3. The van der Waals surface area contributed by atoms with Gasteiger partial charge in [0.2, 0.25) is 0 Å². The standard InChI is InChI=1S/C12H8N4O3/c13-12(17)7-5-8-10(6-9(7)16(18)19)15-4-2-1-3-11(15)14-8/h1-6H,(H2,13,17). The van der Waals surface area contributed by atoms with Crippen molar-refractivity contribution in [2.45, 2.75) is 0 Å². The van der Waals surface area contributed by atoms with Crippen molar-refractivity contribution in [1.82, 2.24) is 9.38 Å². The molecule has 0 bridgehead atoms. The van der Waals surface area contributed by atoms with E-state index in [2.05, 4.69) is 4.98 Å². The minimum Gasteiger partial charge on any atom is -0.365 e. The van der Waals surface area contributed by atoms with Gasteiger partial charge in [0.1, 0.15) is 11.2 Å². The average Bonchev–Trinajstić information content (AvgIpc) is 2.74. The smallest absolute Gasteiger partial charge is 0.284 e. The van der Waals surface area contributed by atoms with Gasteiger partial charge in [-0.05, 0) is 18.2 Å². The summed E-state index contributed by atoms with van der Waals surface area (Å²) in [6, 6.07) is 8.04. The monoisotopic (exact) mass is 256 g/mol. The van der Waals surface area contributed by atoms with Crippen LogP contribution in [0.5, 0.6) is 0 Å². The van der Waals surface area contributed by atoms with Crippen molar-refractivity contribution in [3.05, 3.63) is 52.2 Å². The van der Waals surface area contributed by atoms with Gasteiger partial charge in [-0.15, -0.1) is 0 Å². The van der Waals surface area contributed by atoms with Gasteiger partial charge in [-0.3, -0.25) is 19.3 Å². The first kappa shape index (κ1) is 11.1. The fraction of sp³-hybridized carbons (Fsp3) is 0. The van der Waals surface area contributed by atoms with Gasteiger partial charge < -0.3 is 5.73 Å². The van der Waals surface area contributed by atoms with Crippen LogP contribution in [0.4, 0.5) is 5.69 Å². The molecular formula is C12H8N4O3. The minimum absolute atomic E-state index is 0.138. The number of primary amides is 1. The highest BCUT2D eigenvalue weighted by atomic mass is 16.6. The van der Waals surface area contributed by atoms with Gasteiger partial charge in [-0.25, -0.2) is 4.98 Å². The molecule has 0 aliphatic carbocycles. The number of carbonyl (C=O) groups excluding carboxylic acids is 1. The lowest BCUT2D eigenvalue weighted by Crippen LogP contribution is -2.13. The lowest BCUT2D eigenvalue weighted by molar-refractivity contribution is -0.385. The van der Waals surface area contributed by atoms with Gasteiger partial charge in [-0.1, -0.05) is 6.07 Å². The van der Waals surface area contributed by atoms with Crippen LogP contribution >= 0.6 is 0 Å². The van der Waals surface area contributed by atoms with E-state index in [1.807, 2.05) is 6.07 Å². The third-order valence-electron chi connectivity index (χ3n) is 2.89. The summed E-state index contributed by atoms with van der Waals surface area (Å²) in [7, 11) is 0. The summed E-state index contributed by atoms with van der Waals surface area (Å²) in [6.07, 6.45) is 1.75. The maximum Gasteiger partial charge on any atom is 0.284 e. The Morgan fingerprint density at radius 2 is 2.16 bits per heavy atom. The Morgan fingerprint density at radius 1 is 1.37 bits per heavy atom. The molecule has 19 heavy (non-hydrogen) atoms. The predicted octanol–water partition coefficient (Wildman–Crippen LogP) is 1.49. The topological polar surface area (TPSA) is 104 Å². The van der Waals surface area contributed by atoms with Gasteiger partial charge in [0, 0.05) is 12.3 Å². The number of nitro benzene ring substituents is 1. The van der Waals surface area contributed by atoms with E-state index in [9.17, 15) is 14.9 Å². The van der Waals surface area contributed by atoms with E-state index in [0.717, 1.165) is 0 Å². The minimum atomic E-state index is -0.842. The number of imidazole rings is 1. The number of benzene rings is 1. The molecule has 0 atom stereocenters. The SMILES string of the molecule is NC(=O)c1cc2nc3ccccn3c2cc1[N+](=O)[O-]. The number of nitrogens with two attached hydrogens (primary N) is 1. The number of aromatic nitrogens is 2. The lowest BCUT2D eigenvalue weighted by atomic mass is 10.1. The van der Waals surface area contributed by atoms with E-state index >= 15 is 0 Å². The molecule has 0 aliphatic rings. The van der Waals surface area contributed by atoms with Gasteiger partial charge in [-0.2, -0.15) is 0 Å². The number of hydrogen-bond acceptors (Lipinski definition) is 4. The highest BCUT2D eigenvalue weighted by molar-refractivity contribution is 6.01. The molecule has 0 radical (unpaired) electrons. The van der Waals surface area contributed by atoms with Crippen LogP contribution in [0.15, 0.2) is 36.5 Å². The maximum absolute atomic E-state index is 11.3. The Labute approximate surface area is 106 Å². The van der Waals surface area contributed by atoms with E-state index in [1.54, 1.807) is 22.7 Å². The maximum atomic E-state index is 11.3. The van der Waals surface area contributed by atoms with Crippen LogP contribution in [-0.4, -0.2) is 20.2 Å². The molecule has 1 amide bonds. The molecule has 3 rings (SSSR count). The zero-order valence-corrected chi connectivity index (χ0v) is 9.61. The molecule has 1 aromatic carbocycles. The first-order valence-electron chi connectivity index (χ1n) is 5.43. The zero-order chi connectivity index (χ0) is 13.6. The Morgan fingerprint density at radius 3 is 2.84 bits per heavy atom. The van der Waals surface area contributed by atoms with Crippen molar-refractivity contribution in [1.29, 1.82) is 0 Å². The summed E-state index contributed by atoms with van der Waals surface area (Å²) in [5.41, 5.74) is 6.41. The second kappa shape index (κ2) is 3.77. The molecule has 7 heteroatoms. The third kappa shape index (κ3) is 1.60. The normalized spacial score (nSPS) is 10.9. The van der Waals surface area contributed by atoms with Crippen molar-refractivity contribution in [2.75, 3.05) is 0 Å². The van der Waals surface area contributed by atoms with Crippen molar-refractivity contribution in [3.8, 4) is 0 Å². The van der Waals surface area contributed by atoms with Crippen LogP contribution in [0.1, 0.15) is 10.4 Å². The molecule has 0 saturated carbocycles. The molecule has 0 fully saturated rings. The van der Waals surface area contributed by atoms with E-state index < -0.39 is 10.8 Å². The quantitative estimate of drug-likeness (QED) is 0.554. The number of fused-ring (bicyclic) bond motifs is 3. The highest BCUT2D eigenvalue weighted by Crippen LogP contribution is 2.26. The molecule has 3 aromatic rings. The highest BCUT2D eigenvalue weighted by Gasteiger charge is 2.21. The van der Waals surface area contributed by atoms with Crippen molar-refractivity contribution >= 4 is 28.3 Å². The average molecular weight is 256 g/mol. The summed E-state index contributed by atoms with van der Waals surface area (Å²) >= 11 is 0. The van der Waals surface area contributed by atoms with Crippen LogP contribution in [0, 0.1) is 10.1 Å². The van der Waals surface area contributed by atoms with Crippen LogP contribution in [0.3, 0.4) is 0 Å². The van der Waals surface area contributed by atoms with E-state index in [-0.39, 0.29) is 11.3 Å². The second-order valence-corrected chi connectivity index (χ2v) is 4.02. The van der Waals surface area contributed by atoms with E-state index in [1.165, 1.54) is 12.1 Å². The summed E-state index contributed by atoms with van der Waals surface area (Å²) in [5.74, 6) is -0.842. The Balaban J connectivity index is 2.46. The first-order valence-corrected chi connectivity index (χ1v) is 5.43. The lowest BCUT2D eigenvalue weighted by Gasteiger charge is -1.99. The van der Waals surface area contributed by atoms with Crippen LogP contribution in [0.2, 0.25) is 0 Å². The van der Waals surface area contributed by atoms with E-state index in [0.29, 0.717) is 16.7 Å². The van der Waals surface area contributed by atoms with Crippen LogP contribution < -0.4 is 5.73 Å². The summed E-state index contributed by atoms with van der Waals surface area (Å²) in [5, 5.41) is 11.0. The number of pyridine rings is 1. The van der Waals surface area contributed by atoms with Crippen molar-refractivity contribution < 1.29 is 9.72 Å². The molecule has 2 heterocycles. The van der Waals surface area contributed by atoms with Crippen molar-refractivity contribution in [2.24, 2.45) is 5.73 Å². The molecule has 2 aromatic heterocycles. The molecule has 94 valence electrons. The molecule has 7 nitrogen and oxygen atoms in total. The molecule has 2 N–H and O–H groups in total. The fourth-order valence-electron chi connectivity index (χ4n) is 2.05. The van der Waals surface area contributed by atoms with E-state index in [4.69, 9.17) is 5.73 Å². The molecule has 0 spiro atoms. The summed E-state index contributed by atoms with van der Waals surface area (Å²) < 4.78 is 1.72. The largest absolute Gasteiger partial charge is 0.365 e. The van der Waals surface area contributed by atoms with Gasteiger partial charge in [0.15, 0.2) is 0 Å². The Bertz CT molecular complexity index is 837. The number of amides is 1.